The lowest BCUT2D eigenvalue weighted by Gasteiger charge is -2.18. The third kappa shape index (κ3) is 5.83. The summed E-state index contributed by atoms with van der Waals surface area (Å²) in [5.41, 5.74) is 1.50. The largest absolute Gasteiger partial charge is 0.487 e. The maximum Gasteiger partial charge on any atom is 0.269 e. The minimum Gasteiger partial charge on any atom is -0.487 e. The van der Waals surface area contributed by atoms with Gasteiger partial charge in [-0.25, -0.2) is 0 Å². The number of amides is 1. The standard InChI is InChI=1S/C22H18Br2N2O5S2/c23-17-8-14(10-19-21(27)25(22(32)33-19)11-16-5-2-6-30-16)9-18(24)20(17)31-12-13-3-1-4-15(7-13)26(28)29/h1,3-4,7-10,16H,2,5-6,11-12H2/b19-10-/t16-/m0/s1. The SMILES string of the molecule is O=C1/C(=C/c2cc(Br)c(OCc3cccc([N+](=O)[O-])c3)c(Br)c2)SC(=S)N1C[C@@H]1CCCO1. The predicted octanol–water partition coefficient (Wildman–Crippen LogP) is 6.08. The summed E-state index contributed by atoms with van der Waals surface area (Å²) in [6.07, 6.45) is 3.78. The molecule has 1 atom stereocenters. The Labute approximate surface area is 216 Å². The van der Waals surface area contributed by atoms with Crippen molar-refractivity contribution in [1.29, 1.82) is 0 Å². The van der Waals surface area contributed by atoms with Crippen LogP contribution in [-0.4, -0.2) is 39.3 Å². The molecule has 0 aliphatic carbocycles. The average Bonchev–Trinajstić information content (AvgIpc) is 3.37. The molecule has 2 aliphatic rings. The van der Waals surface area contributed by atoms with Crippen LogP contribution in [0.15, 0.2) is 50.2 Å². The first-order chi connectivity index (χ1) is 15.8. The van der Waals surface area contributed by atoms with Crippen LogP contribution in [-0.2, 0) is 16.1 Å². The zero-order chi connectivity index (χ0) is 23.5. The van der Waals surface area contributed by atoms with E-state index in [4.69, 9.17) is 21.7 Å². The Morgan fingerprint density at radius 1 is 1.30 bits per heavy atom. The normalized spacial score (nSPS) is 19.5. The second kappa shape index (κ2) is 10.6. The van der Waals surface area contributed by atoms with E-state index >= 15 is 0 Å². The van der Waals surface area contributed by atoms with Crippen molar-refractivity contribution < 1.29 is 19.2 Å². The monoisotopic (exact) mass is 612 g/mol. The molecule has 172 valence electrons. The fourth-order valence-corrected chi connectivity index (χ4v) is 6.24. The maximum atomic E-state index is 12.9. The van der Waals surface area contributed by atoms with Crippen LogP contribution in [0, 0.1) is 10.1 Å². The summed E-state index contributed by atoms with van der Waals surface area (Å²) in [6.45, 7) is 1.38. The van der Waals surface area contributed by atoms with Crippen molar-refractivity contribution in [2.24, 2.45) is 0 Å². The van der Waals surface area contributed by atoms with Crippen LogP contribution < -0.4 is 4.74 Å². The van der Waals surface area contributed by atoms with Crippen LogP contribution in [0.25, 0.3) is 6.08 Å². The smallest absolute Gasteiger partial charge is 0.269 e. The van der Waals surface area contributed by atoms with Crippen molar-refractivity contribution in [2.45, 2.75) is 25.6 Å². The van der Waals surface area contributed by atoms with E-state index in [1.807, 2.05) is 12.1 Å². The van der Waals surface area contributed by atoms with Crippen molar-refractivity contribution in [2.75, 3.05) is 13.2 Å². The highest BCUT2D eigenvalue weighted by Gasteiger charge is 2.34. The molecule has 2 aromatic carbocycles. The lowest BCUT2D eigenvalue weighted by atomic mass is 10.2. The van der Waals surface area contributed by atoms with Gasteiger partial charge in [0.1, 0.15) is 16.7 Å². The molecule has 0 N–H and O–H groups in total. The summed E-state index contributed by atoms with van der Waals surface area (Å²) >= 11 is 13.7. The molecule has 2 aliphatic heterocycles. The summed E-state index contributed by atoms with van der Waals surface area (Å²) in [4.78, 5) is 25.6. The Bertz CT molecular complexity index is 1130. The number of non-ortho nitro benzene ring substituents is 1. The van der Waals surface area contributed by atoms with Gasteiger partial charge in [-0.2, -0.15) is 0 Å². The van der Waals surface area contributed by atoms with Gasteiger partial charge in [0.25, 0.3) is 11.6 Å². The highest BCUT2D eigenvalue weighted by Crippen LogP contribution is 2.38. The molecule has 7 nitrogen and oxygen atoms in total. The number of thioether (sulfide) groups is 1. The molecule has 0 unspecified atom stereocenters. The van der Waals surface area contributed by atoms with Crippen LogP contribution >= 0.6 is 55.8 Å². The quantitative estimate of drug-likeness (QED) is 0.162. The van der Waals surface area contributed by atoms with Crippen molar-refractivity contribution in [1.82, 2.24) is 4.90 Å². The van der Waals surface area contributed by atoms with E-state index in [0.717, 1.165) is 25.0 Å². The molecular weight excluding hydrogens is 596 g/mol. The Morgan fingerprint density at radius 3 is 2.73 bits per heavy atom. The van der Waals surface area contributed by atoms with Crippen LogP contribution in [0.5, 0.6) is 5.75 Å². The minimum atomic E-state index is -0.437. The Hall–Kier alpha value is -1.79. The highest BCUT2D eigenvalue weighted by molar-refractivity contribution is 9.11. The fourth-order valence-electron chi connectivity index (χ4n) is 3.52. The number of hydrogen-bond acceptors (Lipinski definition) is 7. The molecule has 11 heteroatoms. The Balaban J connectivity index is 1.47. The molecule has 2 heterocycles. The second-order valence-corrected chi connectivity index (χ2v) is 10.8. The first kappa shape index (κ1) is 24.3. The van der Waals surface area contributed by atoms with Gasteiger partial charge in [0.05, 0.1) is 31.4 Å². The highest BCUT2D eigenvalue weighted by atomic mass is 79.9. The third-order valence-electron chi connectivity index (χ3n) is 5.11. The number of nitro benzene ring substituents is 1. The van der Waals surface area contributed by atoms with Gasteiger partial charge >= 0.3 is 0 Å². The summed E-state index contributed by atoms with van der Waals surface area (Å²) in [7, 11) is 0. The molecule has 1 amide bonds. The molecule has 2 saturated heterocycles. The van der Waals surface area contributed by atoms with Gasteiger partial charge in [-0.1, -0.05) is 36.1 Å². The molecule has 0 aromatic heterocycles. The molecule has 0 radical (unpaired) electrons. The number of benzene rings is 2. The first-order valence-electron chi connectivity index (χ1n) is 10.0. The van der Waals surface area contributed by atoms with Gasteiger partial charge in [-0.3, -0.25) is 19.8 Å². The van der Waals surface area contributed by atoms with Crippen LogP contribution in [0.2, 0.25) is 0 Å². The van der Waals surface area contributed by atoms with Crippen molar-refractivity contribution in [3.05, 3.63) is 71.5 Å². The molecule has 0 saturated carbocycles. The summed E-state index contributed by atoms with van der Waals surface area (Å²) in [5, 5.41) is 11.0. The number of nitrogens with zero attached hydrogens (tertiary/aromatic N) is 2. The van der Waals surface area contributed by atoms with Crippen LogP contribution in [0.1, 0.15) is 24.0 Å². The number of thiocarbonyl (C=S) groups is 1. The van der Waals surface area contributed by atoms with Crippen molar-refractivity contribution >= 4 is 77.8 Å². The Morgan fingerprint density at radius 2 is 2.06 bits per heavy atom. The zero-order valence-corrected chi connectivity index (χ0v) is 22.0. The molecule has 0 bridgehead atoms. The second-order valence-electron chi connectivity index (χ2n) is 7.46. The lowest BCUT2D eigenvalue weighted by molar-refractivity contribution is -0.384. The van der Waals surface area contributed by atoms with Gasteiger partial charge in [0, 0.05) is 18.7 Å². The zero-order valence-electron chi connectivity index (χ0n) is 17.2. The lowest BCUT2D eigenvalue weighted by Crippen LogP contribution is -2.35. The number of carbonyl (C=O) groups excluding carboxylic acids is 1. The molecule has 4 rings (SSSR count). The van der Waals surface area contributed by atoms with Crippen LogP contribution in [0.4, 0.5) is 5.69 Å². The molecule has 0 spiro atoms. The minimum absolute atomic E-state index is 0.0152. The fraction of sp³-hybridized carbons (Fsp3) is 0.273. The predicted molar refractivity (Wildman–Crippen MR) is 138 cm³/mol. The molecular formula is C22H18Br2N2O5S2. The van der Waals surface area contributed by atoms with E-state index in [-0.39, 0.29) is 24.3 Å². The average molecular weight is 614 g/mol. The van der Waals surface area contributed by atoms with Crippen LogP contribution in [0.3, 0.4) is 0 Å². The van der Waals surface area contributed by atoms with Gasteiger partial charge in [-0.15, -0.1) is 0 Å². The summed E-state index contributed by atoms with van der Waals surface area (Å²) in [5.74, 6) is 0.448. The van der Waals surface area contributed by atoms with Gasteiger partial charge in [0.15, 0.2) is 0 Å². The van der Waals surface area contributed by atoms with Gasteiger partial charge < -0.3 is 9.47 Å². The van der Waals surface area contributed by atoms with E-state index in [1.54, 1.807) is 23.1 Å². The number of hydrogen-bond donors (Lipinski definition) is 0. The van der Waals surface area contributed by atoms with E-state index < -0.39 is 4.92 Å². The Kier molecular flexibility index (Phi) is 7.85. The van der Waals surface area contributed by atoms with Gasteiger partial charge in [-0.05, 0) is 74.0 Å². The summed E-state index contributed by atoms with van der Waals surface area (Å²) in [6, 6.07) is 10.0. The topological polar surface area (TPSA) is 81.9 Å². The number of rotatable bonds is 7. The van der Waals surface area contributed by atoms with Crippen molar-refractivity contribution in [3.63, 3.8) is 0 Å². The molecule has 33 heavy (non-hydrogen) atoms. The van der Waals surface area contributed by atoms with E-state index in [1.165, 1.54) is 23.9 Å². The van der Waals surface area contributed by atoms with Crippen molar-refractivity contribution in [3.8, 4) is 5.75 Å². The van der Waals surface area contributed by atoms with E-state index in [9.17, 15) is 14.9 Å². The van der Waals surface area contributed by atoms with E-state index in [0.29, 0.717) is 36.0 Å². The number of halogens is 2. The molecule has 2 fully saturated rings. The molecule has 2 aromatic rings. The third-order valence-corrected chi connectivity index (χ3v) is 7.66. The number of nitro groups is 1. The van der Waals surface area contributed by atoms with Gasteiger partial charge in [0.2, 0.25) is 0 Å². The number of ether oxygens (including phenoxy) is 2. The maximum absolute atomic E-state index is 12.9. The van der Waals surface area contributed by atoms with E-state index in [2.05, 4.69) is 31.9 Å². The first-order valence-corrected chi connectivity index (χ1v) is 12.8. The number of carbonyl (C=O) groups is 1. The summed E-state index contributed by atoms with van der Waals surface area (Å²) < 4.78 is 13.4.